The van der Waals surface area contributed by atoms with E-state index in [-0.39, 0.29) is 30.0 Å². The minimum atomic E-state index is -0.206. The van der Waals surface area contributed by atoms with Gasteiger partial charge >= 0.3 is 0 Å². The van der Waals surface area contributed by atoms with Gasteiger partial charge in [0, 0.05) is 31.2 Å². The van der Waals surface area contributed by atoms with E-state index in [0.29, 0.717) is 43.1 Å². The van der Waals surface area contributed by atoms with Crippen LogP contribution in [0.2, 0.25) is 0 Å². The molecule has 1 fully saturated rings. The van der Waals surface area contributed by atoms with Gasteiger partial charge in [0.05, 0.1) is 23.9 Å². The van der Waals surface area contributed by atoms with Gasteiger partial charge in [0.2, 0.25) is 5.91 Å². The summed E-state index contributed by atoms with van der Waals surface area (Å²) in [6.45, 7) is 1.60. The average molecular weight is 426 g/mol. The zero-order valence-electron chi connectivity index (χ0n) is 16.6. The molecule has 0 bridgehead atoms. The molecule has 9 heteroatoms. The molecule has 2 aromatic rings. The fraction of sp³-hybridized carbons (Fsp3) is 0.429. The van der Waals surface area contributed by atoms with E-state index in [1.54, 1.807) is 16.8 Å². The van der Waals surface area contributed by atoms with Crippen LogP contribution in [0.25, 0.3) is 0 Å². The lowest BCUT2D eigenvalue weighted by Gasteiger charge is -2.27. The molecule has 0 radical (unpaired) electrons. The van der Waals surface area contributed by atoms with Crippen molar-refractivity contribution in [2.24, 2.45) is 5.92 Å². The Balaban J connectivity index is 1.49. The number of thiophene rings is 1. The highest BCUT2D eigenvalue weighted by Gasteiger charge is 2.39. The number of anilines is 1. The lowest BCUT2D eigenvalue weighted by atomic mass is 10.0. The highest BCUT2D eigenvalue weighted by atomic mass is 32.1. The summed E-state index contributed by atoms with van der Waals surface area (Å²) in [5, 5.41) is 10.4. The predicted octanol–water partition coefficient (Wildman–Crippen LogP) is 1.88. The lowest BCUT2D eigenvalue weighted by molar-refractivity contribution is -0.119. The van der Waals surface area contributed by atoms with Crippen LogP contribution in [0.15, 0.2) is 18.5 Å². The number of carbonyl (C=O) groups is 3. The van der Waals surface area contributed by atoms with Gasteiger partial charge in [0.1, 0.15) is 17.3 Å². The molecule has 1 saturated carbocycles. The van der Waals surface area contributed by atoms with Crippen LogP contribution in [-0.4, -0.2) is 64.3 Å². The van der Waals surface area contributed by atoms with Gasteiger partial charge in [-0.3, -0.25) is 19.4 Å². The summed E-state index contributed by atoms with van der Waals surface area (Å²) in [7, 11) is 1.67. The van der Waals surface area contributed by atoms with Crippen LogP contribution < -0.4 is 4.90 Å². The molecule has 0 aromatic carbocycles. The fourth-order valence-electron chi connectivity index (χ4n) is 4.11. The van der Waals surface area contributed by atoms with Crippen LogP contribution in [0.1, 0.15) is 44.0 Å². The smallest absolute Gasteiger partial charge is 0.257 e. The molecule has 2 aromatic heterocycles. The molecule has 30 heavy (non-hydrogen) atoms. The van der Waals surface area contributed by atoms with Crippen molar-refractivity contribution in [1.82, 2.24) is 14.8 Å². The number of hydrogen-bond donors (Lipinski definition) is 1. The summed E-state index contributed by atoms with van der Waals surface area (Å²) in [5.74, 6) is 0.0852. The van der Waals surface area contributed by atoms with Gasteiger partial charge in [-0.2, -0.15) is 0 Å². The van der Waals surface area contributed by atoms with Crippen LogP contribution in [0.4, 0.5) is 5.00 Å². The maximum Gasteiger partial charge on any atom is 0.257 e. The Labute approximate surface area is 177 Å². The first kappa shape index (κ1) is 19.0. The standard InChI is InChI=1S/C21H22N4O4S/c1-23-11-17(27)25(9-12-2-3-12)21-18(20(23)29)15-4-5-24(10-16(15)30-21)19(28)13-6-14(26)8-22-7-13/h6-8,12,26H,2-5,9-11H2,1H3. The van der Waals surface area contributed by atoms with Crippen molar-refractivity contribution in [2.75, 3.05) is 31.6 Å². The molecule has 1 aliphatic carbocycles. The van der Waals surface area contributed by atoms with Gasteiger partial charge in [0.25, 0.3) is 11.8 Å². The number of aromatic nitrogens is 1. The van der Waals surface area contributed by atoms with E-state index >= 15 is 0 Å². The third kappa shape index (κ3) is 3.23. The maximum absolute atomic E-state index is 13.1. The Morgan fingerprint density at radius 3 is 2.80 bits per heavy atom. The number of nitrogens with zero attached hydrogens (tertiary/aromatic N) is 4. The van der Waals surface area contributed by atoms with E-state index in [4.69, 9.17) is 0 Å². The van der Waals surface area contributed by atoms with Crippen molar-refractivity contribution >= 4 is 34.1 Å². The first-order chi connectivity index (χ1) is 14.4. The predicted molar refractivity (Wildman–Crippen MR) is 111 cm³/mol. The molecule has 8 nitrogen and oxygen atoms in total. The molecular weight excluding hydrogens is 404 g/mol. The molecule has 156 valence electrons. The topological polar surface area (TPSA) is 94.1 Å². The molecule has 2 aliphatic heterocycles. The molecule has 0 spiro atoms. The molecule has 1 N–H and O–H groups in total. The number of carbonyl (C=O) groups excluding carboxylic acids is 3. The molecule has 0 unspecified atom stereocenters. The van der Waals surface area contributed by atoms with Crippen molar-refractivity contribution in [2.45, 2.75) is 25.8 Å². The molecule has 5 rings (SSSR count). The normalized spacial score (nSPS) is 18.9. The zero-order chi connectivity index (χ0) is 21.0. The van der Waals surface area contributed by atoms with E-state index in [2.05, 4.69) is 4.98 Å². The van der Waals surface area contributed by atoms with Gasteiger partial charge in [-0.05, 0) is 36.8 Å². The van der Waals surface area contributed by atoms with Crippen LogP contribution >= 0.6 is 11.3 Å². The first-order valence-corrected chi connectivity index (χ1v) is 10.9. The zero-order valence-corrected chi connectivity index (χ0v) is 17.4. The quantitative estimate of drug-likeness (QED) is 0.809. The molecule has 0 atom stereocenters. The Morgan fingerprint density at radius 2 is 2.07 bits per heavy atom. The third-order valence-corrected chi connectivity index (χ3v) is 7.15. The minimum Gasteiger partial charge on any atom is -0.506 e. The summed E-state index contributed by atoms with van der Waals surface area (Å²) in [6, 6.07) is 1.41. The number of amides is 3. The monoisotopic (exact) mass is 426 g/mol. The first-order valence-electron chi connectivity index (χ1n) is 10.1. The number of hydrogen-bond acceptors (Lipinski definition) is 6. The van der Waals surface area contributed by atoms with Gasteiger partial charge in [-0.15, -0.1) is 11.3 Å². The third-order valence-electron chi connectivity index (χ3n) is 5.91. The van der Waals surface area contributed by atoms with Crippen molar-refractivity contribution in [3.05, 3.63) is 40.0 Å². The second-order valence-electron chi connectivity index (χ2n) is 8.20. The van der Waals surface area contributed by atoms with E-state index in [1.807, 2.05) is 0 Å². The fourth-order valence-corrected chi connectivity index (χ4v) is 5.49. The summed E-state index contributed by atoms with van der Waals surface area (Å²) >= 11 is 1.46. The van der Waals surface area contributed by atoms with E-state index < -0.39 is 0 Å². The van der Waals surface area contributed by atoms with Crippen LogP contribution in [-0.2, 0) is 17.8 Å². The number of pyridine rings is 1. The van der Waals surface area contributed by atoms with Gasteiger partial charge in [0.15, 0.2) is 0 Å². The largest absolute Gasteiger partial charge is 0.506 e. The summed E-state index contributed by atoms with van der Waals surface area (Å²) < 4.78 is 0. The van der Waals surface area contributed by atoms with Gasteiger partial charge in [-0.25, -0.2) is 0 Å². The Hall–Kier alpha value is -2.94. The second-order valence-corrected chi connectivity index (χ2v) is 9.29. The van der Waals surface area contributed by atoms with Crippen LogP contribution in [0.5, 0.6) is 5.75 Å². The van der Waals surface area contributed by atoms with Gasteiger partial charge < -0.3 is 19.8 Å². The Bertz CT molecular complexity index is 1060. The molecule has 4 heterocycles. The van der Waals surface area contributed by atoms with Gasteiger partial charge in [-0.1, -0.05) is 0 Å². The average Bonchev–Trinajstić information content (AvgIpc) is 3.49. The minimum absolute atomic E-state index is 0.0473. The van der Waals surface area contributed by atoms with Crippen molar-refractivity contribution in [3.63, 3.8) is 0 Å². The Kier molecular flexibility index (Phi) is 4.50. The highest BCUT2D eigenvalue weighted by Crippen LogP contribution is 2.43. The molecule has 3 aliphatic rings. The van der Waals surface area contributed by atoms with Crippen LogP contribution in [0.3, 0.4) is 0 Å². The lowest BCUT2D eigenvalue weighted by Crippen LogP contribution is -2.38. The number of rotatable bonds is 3. The maximum atomic E-state index is 13.1. The van der Waals surface area contributed by atoms with E-state index in [9.17, 15) is 19.5 Å². The van der Waals surface area contributed by atoms with Crippen molar-refractivity contribution < 1.29 is 19.5 Å². The molecule has 3 amide bonds. The summed E-state index contributed by atoms with van der Waals surface area (Å²) in [4.78, 5) is 48.6. The van der Waals surface area contributed by atoms with E-state index in [0.717, 1.165) is 28.3 Å². The second kappa shape index (κ2) is 7.09. The molecular formula is C21H22N4O4S. The highest BCUT2D eigenvalue weighted by molar-refractivity contribution is 7.17. The van der Waals surface area contributed by atoms with Crippen molar-refractivity contribution in [1.29, 1.82) is 0 Å². The van der Waals surface area contributed by atoms with E-state index in [1.165, 1.54) is 34.7 Å². The number of likely N-dealkylation sites (N-methyl/N-ethyl adjacent to an activating group) is 1. The number of fused-ring (bicyclic) bond motifs is 3. The summed E-state index contributed by atoms with van der Waals surface area (Å²) in [5.41, 5.74) is 1.92. The van der Waals surface area contributed by atoms with Crippen LogP contribution in [0, 0.1) is 5.92 Å². The Morgan fingerprint density at radius 1 is 1.27 bits per heavy atom. The van der Waals surface area contributed by atoms with Crippen molar-refractivity contribution in [3.8, 4) is 5.75 Å². The SMILES string of the molecule is CN1CC(=O)N(CC2CC2)c2sc3c(c2C1=O)CCN(C(=O)c1cncc(O)c1)C3. The molecule has 0 saturated heterocycles. The number of aromatic hydroxyl groups is 1. The summed E-state index contributed by atoms with van der Waals surface area (Å²) in [6.07, 6.45) is 5.53.